The Bertz CT molecular complexity index is 859. The van der Waals surface area contributed by atoms with Crippen LogP contribution in [0.4, 0.5) is 0 Å². The summed E-state index contributed by atoms with van der Waals surface area (Å²) in [6, 6.07) is 22.0. The van der Waals surface area contributed by atoms with Crippen LogP contribution in [0.5, 0.6) is 5.75 Å². The molecule has 102 valence electrons. The van der Waals surface area contributed by atoms with Gasteiger partial charge >= 0.3 is 37.7 Å². The molecule has 4 rings (SSSR count). The normalized spacial score (nSPS) is 13.2. The molecular weight excluding hydrogens is 293 g/mol. The summed E-state index contributed by atoms with van der Waals surface area (Å²) in [6.07, 6.45) is 0. The summed E-state index contributed by atoms with van der Waals surface area (Å²) in [5.74, 6) is -0.160. The molecular formula is C18H12Li2O2P+. The summed E-state index contributed by atoms with van der Waals surface area (Å²) in [5, 5.41) is 14.2. The Hall–Kier alpha value is -1.12. The first-order valence-electron chi connectivity index (χ1n) is 6.79. The largest absolute Gasteiger partial charge is 1.00 e. The fourth-order valence-corrected chi connectivity index (χ4v) is 6.18. The predicted octanol–water partition coefficient (Wildman–Crippen LogP) is -3.61. The average Bonchev–Trinajstić information content (AvgIpc) is 2.79. The molecule has 0 spiro atoms. The van der Waals surface area contributed by atoms with Crippen molar-refractivity contribution in [3.63, 3.8) is 0 Å². The Morgan fingerprint density at radius 2 is 1.00 bits per heavy atom. The van der Waals surface area contributed by atoms with Crippen molar-refractivity contribution in [3.05, 3.63) is 72.8 Å². The molecule has 0 saturated carbocycles. The van der Waals surface area contributed by atoms with Crippen molar-refractivity contribution in [2.24, 2.45) is 0 Å². The van der Waals surface area contributed by atoms with Crippen LogP contribution in [0, 0.1) is 0 Å². The van der Waals surface area contributed by atoms with Crippen LogP contribution >= 0.6 is 7.14 Å². The van der Waals surface area contributed by atoms with Gasteiger partial charge in [0, 0.05) is 15.9 Å². The second-order valence-electron chi connectivity index (χ2n) is 5.11. The number of para-hydroxylation sites is 1. The van der Waals surface area contributed by atoms with Crippen molar-refractivity contribution in [1.82, 2.24) is 0 Å². The van der Waals surface area contributed by atoms with E-state index in [-0.39, 0.29) is 43.5 Å². The molecule has 0 unspecified atom stereocenters. The van der Waals surface area contributed by atoms with Gasteiger partial charge in [0.05, 0.1) is 0 Å². The number of rotatable bonds is 1. The van der Waals surface area contributed by atoms with E-state index in [0.29, 0.717) is 5.30 Å². The van der Waals surface area contributed by atoms with Gasteiger partial charge in [0.2, 0.25) is 0 Å². The smallest absolute Gasteiger partial charge is 0.872 e. The van der Waals surface area contributed by atoms with E-state index in [1.54, 1.807) is 18.2 Å². The van der Waals surface area contributed by atoms with Crippen LogP contribution in [-0.4, -0.2) is 0 Å². The van der Waals surface area contributed by atoms with Crippen LogP contribution < -0.4 is 58.7 Å². The van der Waals surface area contributed by atoms with E-state index < -0.39 is 7.14 Å². The standard InChI is InChI=1S/C18H13O2P.2Li/c19-15-9-3-6-12-18(15)21(20)16-10-4-1-7-13(16)14-8-2-5-11-17(14)21;;/h1-12,19H;;/q;2*+1/p-1. The zero-order valence-corrected chi connectivity index (χ0v) is 14.1. The van der Waals surface area contributed by atoms with Gasteiger partial charge in [-0.3, -0.25) is 0 Å². The van der Waals surface area contributed by atoms with E-state index in [1.807, 2.05) is 48.5 Å². The maximum absolute atomic E-state index is 13.9. The number of hydrogen-bond acceptors (Lipinski definition) is 2. The zero-order valence-electron chi connectivity index (χ0n) is 13.2. The fraction of sp³-hybridized carbons (Fsp3) is 0. The van der Waals surface area contributed by atoms with Crippen molar-refractivity contribution >= 4 is 23.1 Å². The van der Waals surface area contributed by atoms with Crippen LogP contribution in [0.25, 0.3) is 11.1 Å². The quantitative estimate of drug-likeness (QED) is 0.269. The number of fused-ring (bicyclic) bond motifs is 3. The van der Waals surface area contributed by atoms with Crippen LogP contribution in [0.15, 0.2) is 72.8 Å². The first kappa shape index (κ1) is 18.2. The van der Waals surface area contributed by atoms with E-state index in [4.69, 9.17) is 0 Å². The van der Waals surface area contributed by atoms with E-state index in [2.05, 4.69) is 0 Å². The maximum atomic E-state index is 13.9. The average molecular weight is 305 g/mol. The second-order valence-corrected chi connectivity index (χ2v) is 7.78. The second kappa shape index (κ2) is 6.79. The molecule has 0 fully saturated rings. The van der Waals surface area contributed by atoms with Gasteiger partial charge in [-0.2, -0.15) is 0 Å². The zero-order chi connectivity index (χ0) is 14.4. The van der Waals surface area contributed by atoms with Gasteiger partial charge in [0.15, 0.2) is 7.14 Å². The summed E-state index contributed by atoms with van der Waals surface area (Å²) in [5.41, 5.74) is 1.94. The minimum Gasteiger partial charge on any atom is -0.872 e. The Balaban J connectivity index is 0.000000960. The molecule has 3 aromatic rings. The molecule has 2 nitrogen and oxygen atoms in total. The first-order chi connectivity index (χ1) is 10.2. The molecule has 23 heavy (non-hydrogen) atoms. The van der Waals surface area contributed by atoms with Crippen LogP contribution in [0.2, 0.25) is 0 Å². The molecule has 0 N–H and O–H groups in total. The van der Waals surface area contributed by atoms with Crippen molar-refractivity contribution in [1.29, 1.82) is 0 Å². The molecule has 0 atom stereocenters. The Morgan fingerprint density at radius 1 is 0.609 bits per heavy atom. The Labute approximate surface area is 159 Å². The summed E-state index contributed by atoms with van der Waals surface area (Å²) >= 11 is 0. The van der Waals surface area contributed by atoms with E-state index in [1.165, 1.54) is 6.07 Å². The molecule has 0 bridgehead atoms. The molecule has 3 aromatic carbocycles. The fourth-order valence-electron chi connectivity index (χ4n) is 3.06. The molecule has 1 aliphatic heterocycles. The van der Waals surface area contributed by atoms with Gasteiger partial charge in [0.25, 0.3) is 0 Å². The Morgan fingerprint density at radius 3 is 1.48 bits per heavy atom. The SMILES string of the molecule is O=P1(c2ccccc2[O-])c2ccccc2-c2ccccc21.[Li+].[Li+]. The first-order valence-corrected chi connectivity index (χ1v) is 8.50. The summed E-state index contributed by atoms with van der Waals surface area (Å²) in [6.45, 7) is 0. The van der Waals surface area contributed by atoms with Gasteiger partial charge in [-0.25, -0.2) is 0 Å². The van der Waals surface area contributed by atoms with Gasteiger partial charge in [-0.05, 0) is 11.1 Å². The number of hydrogen-bond donors (Lipinski definition) is 0. The third-order valence-corrected chi connectivity index (χ3v) is 7.17. The number of benzene rings is 3. The molecule has 0 aliphatic carbocycles. The molecule has 5 heteroatoms. The van der Waals surface area contributed by atoms with E-state index in [0.717, 1.165) is 21.7 Å². The minimum atomic E-state index is -3.05. The van der Waals surface area contributed by atoms with Crippen LogP contribution in [0.3, 0.4) is 0 Å². The molecule has 0 radical (unpaired) electrons. The maximum Gasteiger partial charge on any atom is 1.00 e. The molecule has 0 amide bonds. The van der Waals surface area contributed by atoms with Gasteiger partial charge < -0.3 is 9.67 Å². The minimum absolute atomic E-state index is 0. The van der Waals surface area contributed by atoms with Crippen LogP contribution in [0.1, 0.15) is 0 Å². The van der Waals surface area contributed by atoms with Crippen LogP contribution in [-0.2, 0) is 4.57 Å². The van der Waals surface area contributed by atoms with Gasteiger partial charge in [-0.15, -0.1) is 0 Å². The predicted molar refractivity (Wildman–Crippen MR) is 84.3 cm³/mol. The summed E-state index contributed by atoms with van der Waals surface area (Å²) in [4.78, 5) is 0. The molecule has 0 saturated heterocycles. The monoisotopic (exact) mass is 305 g/mol. The van der Waals surface area contributed by atoms with Gasteiger partial charge in [0.1, 0.15) is 0 Å². The summed E-state index contributed by atoms with van der Waals surface area (Å²) in [7, 11) is -3.05. The third-order valence-electron chi connectivity index (χ3n) is 3.98. The van der Waals surface area contributed by atoms with Crippen molar-refractivity contribution < 1.29 is 47.4 Å². The molecule has 1 aliphatic rings. The van der Waals surface area contributed by atoms with E-state index in [9.17, 15) is 9.67 Å². The molecule has 1 heterocycles. The van der Waals surface area contributed by atoms with E-state index >= 15 is 0 Å². The third kappa shape index (κ3) is 2.57. The Kier molecular flexibility index (Phi) is 5.38. The topological polar surface area (TPSA) is 40.1 Å². The van der Waals surface area contributed by atoms with Crippen molar-refractivity contribution in [2.75, 3.05) is 0 Å². The van der Waals surface area contributed by atoms with Gasteiger partial charge in [-0.1, -0.05) is 78.5 Å². The van der Waals surface area contributed by atoms with Crippen molar-refractivity contribution in [2.45, 2.75) is 0 Å². The summed E-state index contributed by atoms with van der Waals surface area (Å²) < 4.78 is 13.9. The molecule has 0 aromatic heterocycles. The van der Waals surface area contributed by atoms with Crippen molar-refractivity contribution in [3.8, 4) is 16.9 Å².